The lowest BCUT2D eigenvalue weighted by Gasteiger charge is -2.22. The summed E-state index contributed by atoms with van der Waals surface area (Å²) in [5.41, 5.74) is 0.472. The summed E-state index contributed by atoms with van der Waals surface area (Å²) in [6.45, 7) is 5.49. The van der Waals surface area contributed by atoms with Crippen LogP contribution in [-0.4, -0.2) is 33.5 Å². The van der Waals surface area contributed by atoms with Gasteiger partial charge in [-0.2, -0.15) is 12.6 Å². The van der Waals surface area contributed by atoms with Gasteiger partial charge < -0.3 is 15.0 Å². The minimum atomic E-state index is -0.487. The van der Waals surface area contributed by atoms with Gasteiger partial charge in [0.05, 0.1) is 6.33 Å². The van der Waals surface area contributed by atoms with Crippen LogP contribution in [-0.2, 0) is 11.2 Å². The number of carbonyl (C=O) groups is 1. The summed E-state index contributed by atoms with van der Waals surface area (Å²) in [6, 6.07) is -0.0753. The maximum atomic E-state index is 11.6. The predicted octanol–water partition coefficient (Wildman–Crippen LogP) is 1.78. The van der Waals surface area contributed by atoms with Crippen LogP contribution in [0.5, 0.6) is 0 Å². The molecule has 0 saturated heterocycles. The van der Waals surface area contributed by atoms with Crippen molar-refractivity contribution in [2.45, 2.75) is 38.8 Å². The van der Waals surface area contributed by atoms with Gasteiger partial charge in [0, 0.05) is 30.1 Å². The molecule has 0 fully saturated rings. The lowest BCUT2D eigenvalue weighted by molar-refractivity contribution is 0.0509. The number of aromatic amines is 1. The molecule has 0 saturated carbocycles. The molecular formula is C11H19N3O2S. The topological polar surface area (TPSA) is 67.0 Å². The first kappa shape index (κ1) is 13.9. The van der Waals surface area contributed by atoms with Gasteiger partial charge in [-0.3, -0.25) is 0 Å². The summed E-state index contributed by atoms with van der Waals surface area (Å²) in [5, 5.41) is 2.78. The third kappa shape index (κ3) is 5.63. The number of H-pyrrole nitrogens is 1. The SMILES string of the molecule is CC(C)(C)OC(=O)NC(CS)Cc1cnc[nH]1. The molecule has 0 aliphatic rings. The first-order chi connectivity index (χ1) is 7.90. The number of aromatic nitrogens is 2. The number of ether oxygens (including phenoxy) is 1. The molecule has 1 aromatic heterocycles. The smallest absolute Gasteiger partial charge is 0.407 e. The molecular weight excluding hydrogens is 238 g/mol. The number of hydrogen-bond acceptors (Lipinski definition) is 4. The highest BCUT2D eigenvalue weighted by Gasteiger charge is 2.19. The van der Waals surface area contributed by atoms with Crippen LogP contribution in [0, 0.1) is 0 Å². The van der Waals surface area contributed by atoms with Crippen LogP contribution < -0.4 is 5.32 Å². The molecule has 1 aromatic rings. The van der Waals surface area contributed by atoms with Gasteiger partial charge in [-0.1, -0.05) is 0 Å². The highest BCUT2D eigenvalue weighted by Crippen LogP contribution is 2.08. The van der Waals surface area contributed by atoms with Gasteiger partial charge in [-0.25, -0.2) is 9.78 Å². The highest BCUT2D eigenvalue weighted by atomic mass is 32.1. The number of thiol groups is 1. The first-order valence-electron chi connectivity index (χ1n) is 5.48. The van der Waals surface area contributed by atoms with Crippen LogP contribution in [0.1, 0.15) is 26.5 Å². The van der Waals surface area contributed by atoms with Crippen molar-refractivity contribution in [1.82, 2.24) is 15.3 Å². The van der Waals surface area contributed by atoms with Crippen LogP contribution >= 0.6 is 12.6 Å². The minimum Gasteiger partial charge on any atom is -0.444 e. The Bertz CT molecular complexity index is 346. The molecule has 1 amide bonds. The van der Waals surface area contributed by atoms with Crippen LogP contribution in [0.3, 0.4) is 0 Å². The van der Waals surface area contributed by atoms with E-state index in [9.17, 15) is 4.79 Å². The maximum absolute atomic E-state index is 11.6. The summed E-state index contributed by atoms with van der Waals surface area (Å²) in [5.74, 6) is 0.540. The van der Waals surface area contributed by atoms with Crippen molar-refractivity contribution in [3.63, 3.8) is 0 Å². The van der Waals surface area contributed by atoms with E-state index in [2.05, 4.69) is 27.9 Å². The third-order valence-electron chi connectivity index (χ3n) is 1.96. The monoisotopic (exact) mass is 257 g/mol. The number of amides is 1. The first-order valence-corrected chi connectivity index (χ1v) is 6.11. The molecule has 6 heteroatoms. The largest absolute Gasteiger partial charge is 0.444 e. The summed E-state index contributed by atoms with van der Waals surface area (Å²) in [7, 11) is 0. The molecule has 17 heavy (non-hydrogen) atoms. The zero-order valence-corrected chi connectivity index (χ0v) is 11.3. The Balaban J connectivity index is 2.44. The number of rotatable bonds is 4. The second-order valence-corrected chi connectivity index (χ2v) is 5.17. The van der Waals surface area contributed by atoms with Crippen molar-refractivity contribution in [3.8, 4) is 0 Å². The number of hydrogen-bond donors (Lipinski definition) is 3. The lowest BCUT2D eigenvalue weighted by Crippen LogP contribution is -2.41. The third-order valence-corrected chi connectivity index (χ3v) is 2.40. The number of nitrogens with one attached hydrogen (secondary N) is 2. The summed E-state index contributed by atoms with van der Waals surface area (Å²) in [6.07, 6.45) is 3.57. The quantitative estimate of drug-likeness (QED) is 0.720. The average molecular weight is 257 g/mol. The molecule has 2 N–H and O–H groups in total. The van der Waals surface area contributed by atoms with E-state index in [1.807, 2.05) is 20.8 Å². The van der Waals surface area contributed by atoms with E-state index in [-0.39, 0.29) is 6.04 Å². The highest BCUT2D eigenvalue weighted by molar-refractivity contribution is 7.80. The van der Waals surface area contributed by atoms with Crippen molar-refractivity contribution in [1.29, 1.82) is 0 Å². The standard InChI is InChI=1S/C11H19N3O2S/c1-11(2,3)16-10(15)14-9(6-17)4-8-5-12-7-13-8/h5,7,9,17H,4,6H2,1-3H3,(H,12,13)(H,14,15). The summed E-state index contributed by atoms with van der Waals surface area (Å²) in [4.78, 5) is 18.5. The second-order valence-electron chi connectivity index (χ2n) is 4.81. The molecule has 0 radical (unpaired) electrons. The van der Waals surface area contributed by atoms with Gasteiger partial charge in [0.2, 0.25) is 0 Å². The molecule has 0 aromatic carbocycles. The van der Waals surface area contributed by atoms with Crippen molar-refractivity contribution >= 4 is 18.7 Å². The van der Waals surface area contributed by atoms with Crippen molar-refractivity contribution in [2.24, 2.45) is 0 Å². The van der Waals surface area contributed by atoms with Gasteiger partial charge in [0.25, 0.3) is 0 Å². The minimum absolute atomic E-state index is 0.0753. The van der Waals surface area contributed by atoms with E-state index in [1.165, 1.54) is 0 Å². The Hall–Kier alpha value is -1.17. The van der Waals surface area contributed by atoms with E-state index < -0.39 is 11.7 Å². The molecule has 0 bridgehead atoms. The van der Waals surface area contributed by atoms with E-state index in [4.69, 9.17) is 4.74 Å². The van der Waals surface area contributed by atoms with Gasteiger partial charge in [0.1, 0.15) is 5.60 Å². The van der Waals surface area contributed by atoms with E-state index >= 15 is 0 Å². The zero-order valence-electron chi connectivity index (χ0n) is 10.4. The summed E-state index contributed by atoms with van der Waals surface area (Å²) >= 11 is 4.21. The zero-order chi connectivity index (χ0) is 12.9. The fraction of sp³-hybridized carbons (Fsp3) is 0.636. The fourth-order valence-electron chi connectivity index (χ4n) is 1.30. The van der Waals surface area contributed by atoms with Gasteiger partial charge >= 0.3 is 6.09 Å². The van der Waals surface area contributed by atoms with Gasteiger partial charge in [-0.15, -0.1) is 0 Å². The van der Waals surface area contributed by atoms with Gasteiger partial charge in [-0.05, 0) is 20.8 Å². The van der Waals surface area contributed by atoms with Crippen LogP contribution in [0.2, 0.25) is 0 Å². The van der Waals surface area contributed by atoms with E-state index in [0.29, 0.717) is 12.2 Å². The molecule has 1 atom stereocenters. The molecule has 0 spiro atoms. The van der Waals surface area contributed by atoms with E-state index in [0.717, 1.165) is 5.69 Å². The van der Waals surface area contributed by atoms with Crippen molar-refractivity contribution in [3.05, 3.63) is 18.2 Å². The second kappa shape index (κ2) is 5.95. The predicted molar refractivity (Wildman–Crippen MR) is 69.3 cm³/mol. The molecule has 0 aliphatic carbocycles. The van der Waals surface area contributed by atoms with Crippen molar-refractivity contribution < 1.29 is 9.53 Å². The Morgan fingerprint density at radius 1 is 1.65 bits per heavy atom. The number of imidazole rings is 1. The number of carbonyl (C=O) groups excluding carboxylic acids is 1. The Labute approximate surface area is 107 Å². The average Bonchev–Trinajstić information content (AvgIpc) is 2.66. The fourth-order valence-corrected chi connectivity index (χ4v) is 1.52. The molecule has 5 nitrogen and oxygen atoms in total. The summed E-state index contributed by atoms with van der Waals surface area (Å²) < 4.78 is 5.18. The molecule has 1 unspecified atom stereocenters. The Morgan fingerprint density at radius 2 is 2.35 bits per heavy atom. The van der Waals surface area contributed by atoms with Crippen molar-refractivity contribution in [2.75, 3.05) is 5.75 Å². The van der Waals surface area contributed by atoms with E-state index in [1.54, 1.807) is 12.5 Å². The van der Waals surface area contributed by atoms with Crippen LogP contribution in [0.15, 0.2) is 12.5 Å². The normalized spacial score (nSPS) is 13.2. The number of alkyl carbamates (subject to hydrolysis) is 1. The number of nitrogens with zero attached hydrogens (tertiary/aromatic N) is 1. The molecule has 96 valence electrons. The van der Waals surface area contributed by atoms with Crippen LogP contribution in [0.4, 0.5) is 4.79 Å². The Kier molecular flexibility index (Phi) is 4.86. The van der Waals surface area contributed by atoms with Crippen LogP contribution in [0.25, 0.3) is 0 Å². The molecule has 1 rings (SSSR count). The lowest BCUT2D eigenvalue weighted by atomic mass is 10.2. The van der Waals surface area contributed by atoms with Gasteiger partial charge in [0.15, 0.2) is 0 Å². The molecule has 1 heterocycles. The maximum Gasteiger partial charge on any atom is 0.407 e. The Morgan fingerprint density at radius 3 is 2.82 bits per heavy atom. The molecule has 0 aliphatic heterocycles.